The molecule has 0 atom stereocenters. The molecule has 0 saturated carbocycles. The molecule has 0 saturated heterocycles. The molecule has 4 rings (SSSR count). The summed E-state index contributed by atoms with van der Waals surface area (Å²) >= 11 is 0. The predicted octanol–water partition coefficient (Wildman–Crippen LogP) is 4.96. The van der Waals surface area contributed by atoms with Gasteiger partial charge in [-0.2, -0.15) is 4.98 Å². The standard InChI is InChI=1S/C23H26N4/c1-4-18-11-7-8-16(2)22(18)25-21-14-17(3)24-23(26-21)27-13-12-19-9-5-6-10-20(19)15-27/h5-11,14H,4,12-13,15H2,1-3H3,(H,24,25,26). The number of aryl methyl sites for hydroxylation is 3. The fourth-order valence-electron chi connectivity index (χ4n) is 3.75. The van der Waals surface area contributed by atoms with Crippen molar-refractivity contribution in [1.82, 2.24) is 9.97 Å². The molecule has 0 bridgehead atoms. The van der Waals surface area contributed by atoms with Crippen molar-refractivity contribution in [2.75, 3.05) is 16.8 Å². The average Bonchev–Trinajstić information content (AvgIpc) is 2.68. The van der Waals surface area contributed by atoms with Gasteiger partial charge >= 0.3 is 0 Å². The van der Waals surface area contributed by atoms with Crippen LogP contribution in [0, 0.1) is 13.8 Å². The third-order valence-corrected chi connectivity index (χ3v) is 5.25. The third kappa shape index (κ3) is 3.65. The van der Waals surface area contributed by atoms with E-state index in [1.165, 1.54) is 22.3 Å². The van der Waals surface area contributed by atoms with Gasteiger partial charge in [-0.15, -0.1) is 0 Å². The van der Waals surface area contributed by atoms with Gasteiger partial charge < -0.3 is 10.2 Å². The zero-order valence-corrected chi connectivity index (χ0v) is 16.3. The Balaban J connectivity index is 1.63. The van der Waals surface area contributed by atoms with Crippen LogP contribution in [-0.2, 0) is 19.4 Å². The summed E-state index contributed by atoms with van der Waals surface area (Å²) in [6, 6.07) is 17.1. The first kappa shape index (κ1) is 17.5. The molecule has 1 aromatic heterocycles. The summed E-state index contributed by atoms with van der Waals surface area (Å²) in [5.41, 5.74) is 7.49. The van der Waals surface area contributed by atoms with Crippen molar-refractivity contribution in [2.24, 2.45) is 0 Å². The summed E-state index contributed by atoms with van der Waals surface area (Å²) in [5, 5.41) is 3.55. The number of rotatable bonds is 4. The molecule has 1 aliphatic heterocycles. The Labute approximate surface area is 161 Å². The highest BCUT2D eigenvalue weighted by atomic mass is 15.3. The molecule has 1 N–H and O–H groups in total. The molecule has 2 heterocycles. The summed E-state index contributed by atoms with van der Waals surface area (Å²) in [6.07, 6.45) is 2.03. The Morgan fingerprint density at radius 2 is 1.81 bits per heavy atom. The topological polar surface area (TPSA) is 41.1 Å². The van der Waals surface area contributed by atoms with E-state index in [4.69, 9.17) is 9.97 Å². The lowest BCUT2D eigenvalue weighted by molar-refractivity contribution is 0.706. The van der Waals surface area contributed by atoms with E-state index in [1.807, 2.05) is 13.0 Å². The van der Waals surface area contributed by atoms with E-state index in [9.17, 15) is 0 Å². The van der Waals surface area contributed by atoms with Crippen molar-refractivity contribution in [2.45, 2.75) is 40.2 Å². The van der Waals surface area contributed by atoms with Crippen molar-refractivity contribution in [1.29, 1.82) is 0 Å². The first-order valence-electron chi connectivity index (χ1n) is 9.67. The maximum absolute atomic E-state index is 4.85. The molecule has 27 heavy (non-hydrogen) atoms. The van der Waals surface area contributed by atoms with Crippen LogP contribution in [-0.4, -0.2) is 16.5 Å². The van der Waals surface area contributed by atoms with Crippen LogP contribution in [0.3, 0.4) is 0 Å². The zero-order chi connectivity index (χ0) is 18.8. The first-order valence-corrected chi connectivity index (χ1v) is 9.67. The van der Waals surface area contributed by atoms with Gasteiger partial charge in [0, 0.05) is 30.5 Å². The minimum Gasteiger partial charge on any atom is -0.340 e. The second-order valence-electron chi connectivity index (χ2n) is 7.22. The highest BCUT2D eigenvalue weighted by Gasteiger charge is 2.19. The van der Waals surface area contributed by atoms with Gasteiger partial charge in [0.2, 0.25) is 5.95 Å². The summed E-state index contributed by atoms with van der Waals surface area (Å²) in [7, 11) is 0. The van der Waals surface area contributed by atoms with Gasteiger partial charge in [0.05, 0.1) is 0 Å². The smallest absolute Gasteiger partial charge is 0.227 e. The van der Waals surface area contributed by atoms with Gasteiger partial charge in [0.25, 0.3) is 0 Å². The third-order valence-electron chi connectivity index (χ3n) is 5.25. The van der Waals surface area contributed by atoms with Gasteiger partial charge in [-0.25, -0.2) is 4.98 Å². The van der Waals surface area contributed by atoms with E-state index in [2.05, 4.69) is 66.5 Å². The second-order valence-corrected chi connectivity index (χ2v) is 7.22. The number of hydrogen-bond donors (Lipinski definition) is 1. The normalized spacial score (nSPS) is 13.4. The number of para-hydroxylation sites is 1. The number of nitrogens with zero attached hydrogens (tertiary/aromatic N) is 3. The molecular formula is C23H26N4. The maximum atomic E-state index is 4.85. The van der Waals surface area contributed by atoms with Crippen LogP contribution >= 0.6 is 0 Å². The van der Waals surface area contributed by atoms with Crippen LogP contribution in [0.2, 0.25) is 0 Å². The maximum Gasteiger partial charge on any atom is 0.227 e. The van der Waals surface area contributed by atoms with Gasteiger partial charge in [0.1, 0.15) is 5.82 Å². The number of aromatic nitrogens is 2. The monoisotopic (exact) mass is 358 g/mol. The molecule has 0 radical (unpaired) electrons. The van der Waals surface area contributed by atoms with Gasteiger partial charge in [-0.3, -0.25) is 0 Å². The van der Waals surface area contributed by atoms with Crippen molar-refractivity contribution < 1.29 is 0 Å². The number of anilines is 3. The number of fused-ring (bicyclic) bond motifs is 1. The van der Waals surface area contributed by atoms with Crippen molar-refractivity contribution in [3.8, 4) is 0 Å². The van der Waals surface area contributed by atoms with E-state index < -0.39 is 0 Å². The fraction of sp³-hybridized carbons (Fsp3) is 0.304. The molecule has 2 aromatic carbocycles. The Bertz CT molecular complexity index is 964. The summed E-state index contributed by atoms with van der Waals surface area (Å²) in [6.45, 7) is 8.17. The van der Waals surface area contributed by atoms with E-state index in [0.717, 1.165) is 49.1 Å². The Morgan fingerprint density at radius 1 is 1.00 bits per heavy atom. The molecule has 0 spiro atoms. The molecule has 0 aliphatic carbocycles. The van der Waals surface area contributed by atoms with Crippen molar-refractivity contribution in [3.05, 3.63) is 76.5 Å². The number of nitrogens with one attached hydrogen (secondary N) is 1. The first-order chi connectivity index (χ1) is 13.1. The van der Waals surface area contributed by atoms with E-state index >= 15 is 0 Å². The fourth-order valence-corrected chi connectivity index (χ4v) is 3.75. The second kappa shape index (κ2) is 7.39. The van der Waals surface area contributed by atoms with Crippen LogP contribution < -0.4 is 10.2 Å². The summed E-state index contributed by atoms with van der Waals surface area (Å²) in [5.74, 6) is 1.67. The SMILES string of the molecule is CCc1cccc(C)c1Nc1cc(C)nc(N2CCc3ccccc3C2)n1. The van der Waals surface area contributed by atoms with Crippen LogP contribution in [0.5, 0.6) is 0 Å². The molecule has 138 valence electrons. The lowest BCUT2D eigenvalue weighted by atomic mass is 10.0. The lowest BCUT2D eigenvalue weighted by Gasteiger charge is -2.29. The van der Waals surface area contributed by atoms with E-state index in [0.29, 0.717) is 0 Å². The molecule has 0 unspecified atom stereocenters. The highest BCUT2D eigenvalue weighted by molar-refractivity contribution is 5.65. The van der Waals surface area contributed by atoms with Gasteiger partial charge in [-0.1, -0.05) is 49.4 Å². The summed E-state index contributed by atoms with van der Waals surface area (Å²) < 4.78 is 0. The molecule has 3 aromatic rings. The summed E-state index contributed by atoms with van der Waals surface area (Å²) in [4.78, 5) is 11.8. The Morgan fingerprint density at radius 3 is 2.63 bits per heavy atom. The number of benzene rings is 2. The van der Waals surface area contributed by atoms with Crippen molar-refractivity contribution in [3.63, 3.8) is 0 Å². The Kier molecular flexibility index (Phi) is 4.80. The van der Waals surface area contributed by atoms with Gasteiger partial charge in [-0.05, 0) is 48.9 Å². The molecule has 1 aliphatic rings. The minimum absolute atomic E-state index is 0.804. The minimum atomic E-state index is 0.804. The molecule has 0 amide bonds. The molecule has 0 fully saturated rings. The largest absolute Gasteiger partial charge is 0.340 e. The quantitative estimate of drug-likeness (QED) is 0.715. The van der Waals surface area contributed by atoms with E-state index in [-0.39, 0.29) is 0 Å². The predicted molar refractivity (Wildman–Crippen MR) is 112 cm³/mol. The molecular weight excluding hydrogens is 332 g/mol. The number of hydrogen-bond acceptors (Lipinski definition) is 4. The van der Waals surface area contributed by atoms with Crippen LogP contribution in [0.15, 0.2) is 48.5 Å². The molecule has 4 heteroatoms. The lowest BCUT2D eigenvalue weighted by Crippen LogP contribution is -2.32. The van der Waals surface area contributed by atoms with Crippen LogP contribution in [0.4, 0.5) is 17.5 Å². The molecule has 4 nitrogen and oxygen atoms in total. The van der Waals surface area contributed by atoms with E-state index in [1.54, 1.807) is 0 Å². The highest BCUT2D eigenvalue weighted by Crippen LogP contribution is 2.27. The zero-order valence-electron chi connectivity index (χ0n) is 16.3. The van der Waals surface area contributed by atoms with Crippen LogP contribution in [0.25, 0.3) is 0 Å². The van der Waals surface area contributed by atoms with Crippen molar-refractivity contribution >= 4 is 17.5 Å². The van der Waals surface area contributed by atoms with Gasteiger partial charge in [0.15, 0.2) is 0 Å². The van der Waals surface area contributed by atoms with Crippen LogP contribution in [0.1, 0.15) is 34.9 Å². The average molecular weight is 358 g/mol. The Hall–Kier alpha value is -2.88.